The number of amides is 2. The lowest BCUT2D eigenvalue weighted by molar-refractivity contribution is -0.155. The van der Waals surface area contributed by atoms with Crippen molar-refractivity contribution in [3.8, 4) is 22.6 Å². The molecule has 4 aromatic rings. The van der Waals surface area contributed by atoms with Crippen molar-refractivity contribution in [2.45, 2.75) is 105 Å². The maximum Gasteiger partial charge on any atom is 0.324 e. The third-order valence-corrected chi connectivity index (χ3v) is 10.2. The highest BCUT2D eigenvalue weighted by Crippen LogP contribution is 2.41. The van der Waals surface area contributed by atoms with Crippen molar-refractivity contribution in [2.24, 2.45) is 11.3 Å². The third-order valence-electron chi connectivity index (χ3n) is 10.2. The second-order valence-electron chi connectivity index (χ2n) is 15.6. The second-order valence-corrected chi connectivity index (χ2v) is 15.6. The molecule has 0 radical (unpaired) electrons. The molecule has 5 heterocycles. The van der Waals surface area contributed by atoms with Crippen molar-refractivity contribution in [1.82, 2.24) is 35.6 Å². The van der Waals surface area contributed by atoms with Crippen molar-refractivity contribution in [3.63, 3.8) is 0 Å². The zero-order valence-electron chi connectivity index (χ0n) is 31.7. The summed E-state index contributed by atoms with van der Waals surface area (Å²) >= 11 is 0. The molecule has 52 heavy (non-hydrogen) atoms. The van der Waals surface area contributed by atoms with E-state index >= 15 is 0 Å². The van der Waals surface area contributed by atoms with E-state index in [2.05, 4.69) is 78.4 Å². The number of aromatic nitrogens is 3. The number of esters is 1. The first-order chi connectivity index (χ1) is 24.8. The molecule has 0 aliphatic carbocycles. The van der Waals surface area contributed by atoms with Crippen molar-refractivity contribution in [1.29, 1.82) is 0 Å². The van der Waals surface area contributed by atoms with Gasteiger partial charge in [0.05, 0.1) is 36.7 Å². The van der Waals surface area contributed by atoms with Crippen LogP contribution < -0.4 is 16.1 Å². The van der Waals surface area contributed by atoms with Crippen LogP contribution in [0.5, 0.6) is 0 Å². The van der Waals surface area contributed by atoms with E-state index in [4.69, 9.17) is 14.1 Å². The van der Waals surface area contributed by atoms with Gasteiger partial charge in [-0.25, -0.2) is 10.4 Å². The summed E-state index contributed by atoms with van der Waals surface area (Å²) in [5, 5.41) is 8.51. The van der Waals surface area contributed by atoms with E-state index < -0.39 is 29.5 Å². The minimum atomic E-state index is -0.987. The van der Waals surface area contributed by atoms with Gasteiger partial charge in [0.1, 0.15) is 12.1 Å². The number of carbonyl (C=O) groups excluding carboxylic acids is 3. The molecule has 1 aromatic carbocycles. The monoisotopic (exact) mass is 711 g/mol. The fourth-order valence-electron chi connectivity index (χ4n) is 7.61. The van der Waals surface area contributed by atoms with Crippen LogP contribution in [0.15, 0.2) is 47.1 Å². The van der Waals surface area contributed by atoms with Gasteiger partial charge in [-0.1, -0.05) is 41.5 Å². The Balaban J connectivity index is 1.49. The molecule has 6 bridgehead atoms. The number of benzene rings is 1. The normalized spacial score (nSPS) is 20.2. The van der Waals surface area contributed by atoms with Crippen LogP contribution in [0.1, 0.15) is 84.4 Å². The van der Waals surface area contributed by atoms with E-state index in [1.807, 2.05) is 32.2 Å². The Morgan fingerprint density at radius 1 is 1.13 bits per heavy atom. The summed E-state index contributed by atoms with van der Waals surface area (Å²) < 4.78 is 14.7. The third kappa shape index (κ3) is 7.50. The molecule has 1 fully saturated rings. The van der Waals surface area contributed by atoms with Gasteiger partial charge in [-0.05, 0) is 81.0 Å². The number of hydrogen-bond donors (Lipinski definition) is 3. The molecule has 3 N–H and O–H groups in total. The number of nitrogens with one attached hydrogen (secondary N) is 3. The van der Waals surface area contributed by atoms with E-state index in [0.717, 1.165) is 45.5 Å². The molecule has 3 atom stereocenters. The highest BCUT2D eigenvalue weighted by molar-refractivity contribution is 5.95. The number of cyclic esters (lactones) is 1. The van der Waals surface area contributed by atoms with Crippen molar-refractivity contribution < 1.29 is 23.5 Å². The van der Waals surface area contributed by atoms with Crippen molar-refractivity contribution >= 4 is 28.7 Å². The number of ether oxygens (including phenoxy) is 1. The molecule has 2 aliphatic heterocycles. The molecule has 2 amide bonds. The SMILES string of the molecule is CCn1c(-c2cccnc2C(C)C)c2c3cc(ccc31)-c1cnc(o1)C[C@H](NC(=O)[C@@H](NC)C(C)C)C(=O)N1CCC[C@H](N1)C(=O)OCC(C)(C)C2. The van der Waals surface area contributed by atoms with Gasteiger partial charge in [-0.15, -0.1) is 0 Å². The Kier molecular flexibility index (Phi) is 10.9. The van der Waals surface area contributed by atoms with E-state index in [-0.39, 0.29) is 36.7 Å². The number of fused-ring (bicyclic) bond motifs is 6. The first-order valence-corrected chi connectivity index (χ1v) is 18.6. The van der Waals surface area contributed by atoms with Gasteiger partial charge < -0.3 is 24.4 Å². The highest BCUT2D eigenvalue weighted by Gasteiger charge is 2.36. The fraction of sp³-hybridized carbons (Fsp3) is 0.525. The number of pyridine rings is 1. The van der Waals surface area contributed by atoms with Gasteiger partial charge in [-0.2, -0.15) is 0 Å². The number of aryl methyl sites for hydroxylation is 1. The first-order valence-electron chi connectivity index (χ1n) is 18.6. The summed E-state index contributed by atoms with van der Waals surface area (Å²) in [6, 6.07) is 8.24. The van der Waals surface area contributed by atoms with E-state index in [9.17, 15) is 14.4 Å². The summed E-state index contributed by atoms with van der Waals surface area (Å²) in [7, 11) is 1.72. The average molecular weight is 712 g/mol. The molecule has 3 aromatic heterocycles. The number of rotatable bonds is 7. The Labute approximate surface area is 306 Å². The molecule has 0 spiro atoms. The standard InChI is InChI=1S/C40H53N7O5/c1-9-46-31-15-14-25-18-27(31)28(36(46)26-12-10-16-42-34(26)23(2)3)20-40(6,7)22-51-39(50)29-13-11-17-47(45-29)38(49)30(19-33-43-21-32(25)52-33)44-37(48)35(41-8)24(4)5/h10,12,14-16,18,21,23-24,29-30,35,41,45H,9,11,13,17,19-20,22H2,1-8H3,(H,44,48)/t29-,30-,35-/m0/s1. The summed E-state index contributed by atoms with van der Waals surface area (Å²) in [6.07, 6.45) is 5.31. The van der Waals surface area contributed by atoms with E-state index in [1.165, 1.54) is 5.01 Å². The smallest absolute Gasteiger partial charge is 0.324 e. The highest BCUT2D eigenvalue weighted by atomic mass is 16.5. The summed E-state index contributed by atoms with van der Waals surface area (Å²) in [5.74, 6) is -0.00487. The summed E-state index contributed by atoms with van der Waals surface area (Å²) in [6.45, 7) is 15.9. The number of likely N-dealkylation sites (N-methyl/N-ethyl adjacent to an activating group) is 1. The topological polar surface area (TPSA) is 144 Å². The van der Waals surface area contributed by atoms with Crippen LogP contribution in [0, 0.1) is 11.3 Å². The van der Waals surface area contributed by atoms with Crippen LogP contribution in [0.4, 0.5) is 0 Å². The molecular weight excluding hydrogens is 658 g/mol. The zero-order valence-corrected chi connectivity index (χ0v) is 31.7. The summed E-state index contributed by atoms with van der Waals surface area (Å²) in [4.78, 5) is 50.5. The van der Waals surface area contributed by atoms with Crippen LogP contribution in [-0.2, 0) is 38.5 Å². The Bertz CT molecular complexity index is 1940. The molecule has 0 unspecified atom stereocenters. The summed E-state index contributed by atoms with van der Waals surface area (Å²) in [5.41, 5.74) is 8.97. The van der Waals surface area contributed by atoms with E-state index in [1.54, 1.807) is 13.2 Å². The molecule has 2 aliphatic rings. The van der Waals surface area contributed by atoms with Gasteiger partial charge in [0.2, 0.25) is 5.91 Å². The lowest BCUT2D eigenvalue weighted by atomic mass is 9.84. The lowest BCUT2D eigenvalue weighted by Crippen LogP contribution is -2.61. The van der Waals surface area contributed by atoms with Gasteiger partial charge in [-0.3, -0.25) is 24.4 Å². The number of hydrogen-bond acceptors (Lipinski definition) is 9. The maximum absolute atomic E-state index is 14.1. The van der Waals surface area contributed by atoms with Gasteiger partial charge in [0.15, 0.2) is 11.7 Å². The molecule has 1 saturated heterocycles. The number of hydrazine groups is 1. The maximum atomic E-state index is 14.1. The first kappa shape index (κ1) is 37.2. The molecular formula is C40H53N7O5. The number of nitrogens with zero attached hydrogens (tertiary/aromatic N) is 4. The average Bonchev–Trinajstić information content (AvgIpc) is 3.71. The molecule has 0 saturated carbocycles. The van der Waals surface area contributed by atoms with Crippen molar-refractivity contribution in [2.75, 3.05) is 20.2 Å². The van der Waals surface area contributed by atoms with E-state index in [0.29, 0.717) is 37.5 Å². The Morgan fingerprint density at radius 3 is 2.63 bits per heavy atom. The quantitative estimate of drug-likeness (QED) is 0.215. The van der Waals surface area contributed by atoms with Crippen LogP contribution in [0.25, 0.3) is 33.5 Å². The van der Waals surface area contributed by atoms with Crippen molar-refractivity contribution in [3.05, 3.63) is 59.9 Å². The minimum Gasteiger partial charge on any atom is -0.464 e. The minimum absolute atomic E-state index is 0.0119. The predicted molar refractivity (Wildman–Crippen MR) is 200 cm³/mol. The zero-order chi connectivity index (χ0) is 37.3. The van der Waals surface area contributed by atoms with Gasteiger partial charge in [0.25, 0.3) is 5.91 Å². The lowest BCUT2D eigenvalue weighted by Gasteiger charge is -2.35. The predicted octanol–water partition coefficient (Wildman–Crippen LogP) is 5.39. The Hall–Kier alpha value is -4.55. The van der Waals surface area contributed by atoms with Crippen LogP contribution in [0.3, 0.4) is 0 Å². The molecule has 278 valence electrons. The Morgan fingerprint density at radius 2 is 1.92 bits per heavy atom. The van der Waals surface area contributed by atoms with Crippen LogP contribution in [0.2, 0.25) is 0 Å². The number of oxazole rings is 1. The number of carbonyl (C=O) groups is 3. The van der Waals surface area contributed by atoms with Gasteiger partial charge in [0, 0.05) is 46.7 Å². The molecule has 12 heteroatoms. The second kappa shape index (κ2) is 15.2. The fourth-order valence-corrected chi connectivity index (χ4v) is 7.61. The molecule has 12 nitrogen and oxygen atoms in total. The van der Waals surface area contributed by atoms with Gasteiger partial charge >= 0.3 is 5.97 Å². The van der Waals surface area contributed by atoms with Crippen LogP contribution >= 0.6 is 0 Å². The molecule has 6 rings (SSSR count). The van der Waals surface area contributed by atoms with Crippen LogP contribution in [-0.4, -0.2) is 75.7 Å². The largest absolute Gasteiger partial charge is 0.464 e.